The van der Waals surface area contributed by atoms with Crippen molar-refractivity contribution in [2.45, 2.75) is 6.18 Å². The molecule has 0 aliphatic rings. The van der Waals surface area contributed by atoms with Crippen LogP contribution in [-0.4, -0.2) is 25.3 Å². The first-order valence-corrected chi connectivity index (χ1v) is 7.80. The van der Waals surface area contributed by atoms with Gasteiger partial charge < -0.3 is 14.8 Å². The van der Waals surface area contributed by atoms with E-state index in [1.54, 1.807) is 0 Å². The van der Waals surface area contributed by atoms with Crippen LogP contribution in [0, 0.1) is 11.6 Å². The fourth-order valence-corrected chi connectivity index (χ4v) is 2.14. The van der Waals surface area contributed by atoms with Gasteiger partial charge in [0.15, 0.2) is 24.8 Å². The molecule has 0 atom stereocenters. The summed E-state index contributed by atoms with van der Waals surface area (Å²) in [5.41, 5.74) is -0.306. The quantitative estimate of drug-likeness (QED) is 0.664. The van der Waals surface area contributed by atoms with Gasteiger partial charge in [0.2, 0.25) is 0 Å². The summed E-state index contributed by atoms with van der Waals surface area (Å²) in [6.45, 7) is -2.25. The minimum Gasteiger partial charge on any atom is -0.482 e. The molecule has 0 heterocycles. The minimum absolute atomic E-state index is 0.198. The van der Waals surface area contributed by atoms with E-state index in [0.29, 0.717) is 4.47 Å². The van der Waals surface area contributed by atoms with Crippen molar-refractivity contribution in [1.82, 2.24) is 0 Å². The molecule has 1 amide bonds. The monoisotopic (exact) mass is 439 g/mol. The standard InChI is InChI=1S/C16H11BrF5NO3/c17-9-1-3-13(11(19)5-9)25-7-15(24)23-12-6-10(18)2-4-14(12)26-8-16(20,21)22/h1-6H,7-8H2,(H,23,24). The summed E-state index contributed by atoms with van der Waals surface area (Å²) in [6.07, 6.45) is -4.60. The molecule has 2 aromatic carbocycles. The summed E-state index contributed by atoms with van der Waals surface area (Å²) < 4.78 is 73.6. The second-order valence-corrected chi connectivity index (χ2v) is 5.87. The zero-order valence-electron chi connectivity index (χ0n) is 12.9. The van der Waals surface area contributed by atoms with Gasteiger partial charge in [0.1, 0.15) is 11.6 Å². The number of amides is 1. The number of hydrogen-bond donors (Lipinski definition) is 1. The van der Waals surface area contributed by atoms with Crippen LogP contribution in [0.1, 0.15) is 0 Å². The molecule has 2 aromatic rings. The van der Waals surface area contributed by atoms with Gasteiger partial charge in [0, 0.05) is 10.5 Å². The molecule has 0 radical (unpaired) electrons. The summed E-state index contributed by atoms with van der Waals surface area (Å²) in [5, 5.41) is 2.16. The topological polar surface area (TPSA) is 47.6 Å². The molecule has 0 unspecified atom stereocenters. The summed E-state index contributed by atoms with van der Waals surface area (Å²) in [4.78, 5) is 11.9. The highest BCUT2D eigenvalue weighted by Gasteiger charge is 2.29. The number of nitrogens with one attached hydrogen (secondary N) is 1. The number of benzene rings is 2. The molecule has 2 rings (SSSR count). The van der Waals surface area contributed by atoms with Crippen LogP contribution in [0.2, 0.25) is 0 Å². The molecular weight excluding hydrogens is 429 g/mol. The minimum atomic E-state index is -4.60. The molecule has 0 spiro atoms. The summed E-state index contributed by atoms with van der Waals surface area (Å²) in [6, 6.07) is 6.53. The van der Waals surface area contributed by atoms with E-state index >= 15 is 0 Å². The van der Waals surface area contributed by atoms with Crippen LogP contribution >= 0.6 is 15.9 Å². The van der Waals surface area contributed by atoms with Crippen molar-refractivity contribution in [3.63, 3.8) is 0 Å². The van der Waals surface area contributed by atoms with Crippen LogP contribution in [-0.2, 0) is 4.79 Å². The lowest BCUT2D eigenvalue weighted by Crippen LogP contribution is -2.23. The molecule has 4 nitrogen and oxygen atoms in total. The van der Waals surface area contributed by atoms with Crippen LogP contribution in [0.3, 0.4) is 0 Å². The highest BCUT2D eigenvalue weighted by atomic mass is 79.9. The predicted octanol–water partition coefficient (Wildman–Crippen LogP) is 4.69. The van der Waals surface area contributed by atoms with Gasteiger partial charge in [-0.1, -0.05) is 15.9 Å². The first-order valence-electron chi connectivity index (χ1n) is 7.01. The van der Waals surface area contributed by atoms with Crippen molar-refractivity contribution in [3.8, 4) is 11.5 Å². The van der Waals surface area contributed by atoms with Gasteiger partial charge in [0.25, 0.3) is 5.91 Å². The second-order valence-electron chi connectivity index (χ2n) is 4.96. The van der Waals surface area contributed by atoms with Gasteiger partial charge >= 0.3 is 6.18 Å². The van der Waals surface area contributed by atoms with Crippen LogP contribution in [0.4, 0.5) is 27.6 Å². The van der Waals surface area contributed by atoms with E-state index in [1.807, 2.05) is 0 Å². The Labute approximate surface area is 153 Å². The average molecular weight is 440 g/mol. The molecule has 0 fully saturated rings. The molecule has 26 heavy (non-hydrogen) atoms. The van der Waals surface area contributed by atoms with Gasteiger partial charge in [-0.3, -0.25) is 4.79 Å². The number of anilines is 1. The lowest BCUT2D eigenvalue weighted by atomic mass is 10.2. The summed E-state index contributed by atoms with van der Waals surface area (Å²) in [5.74, 6) is -2.91. The number of ether oxygens (including phenoxy) is 2. The number of rotatable bonds is 6. The first kappa shape index (κ1) is 20.0. The van der Waals surface area contributed by atoms with Crippen molar-refractivity contribution in [2.75, 3.05) is 18.5 Å². The molecule has 0 saturated carbocycles. The van der Waals surface area contributed by atoms with Gasteiger partial charge in [-0.15, -0.1) is 0 Å². The summed E-state index contributed by atoms with van der Waals surface area (Å²) in [7, 11) is 0. The molecule has 1 N–H and O–H groups in total. The predicted molar refractivity (Wildman–Crippen MR) is 86.2 cm³/mol. The molecule has 0 aromatic heterocycles. The highest BCUT2D eigenvalue weighted by molar-refractivity contribution is 9.10. The van der Waals surface area contributed by atoms with Crippen molar-refractivity contribution < 1.29 is 36.2 Å². The Hall–Kier alpha value is -2.36. The maximum atomic E-state index is 13.6. The van der Waals surface area contributed by atoms with Crippen LogP contribution < -0.4 is 14.8 Å². The second kappa shape index (κ2) is 8.35. The number of halogens is 6. The fourth-order valence-electron chi connectivity index (χ4n) is 1.81. The van der Waals surface area contributed by atoms with Gasteiger partial charge in [-0.25, -0.2) is 8.78 Å². The van der Waals surface area contributed by atoms with Crippen molar-refractivity contribution in [3.05, 3.63) is 52.5 Å². The van der Waals surface area contributed by atoms with E-state index < -0.39 is 36.9 Å². The van der Waals surface area contributed by atoms with Gasteiger partial charge in [0.05, 0.1) is 5.69 Å². The van der Waals surface area contributed by atoms with E-state index in [1.165, 1.54) is 12.1 Å². The molecule has 0 aliphatic heterocycles. The number of hydrogen-bond acceptors (Lipinski definition) is 3. The van der Waals surface area contributed by atoms with Crippen molar-refractivity contribution >= 4 is 27.5 Å². The van der Waals surface area contributed by atoms with Crippen LogP contribution in [0.25, 0.3) is 0 Å². The third-order valence-corrected chi connectivity index (χ3v) is 3.35. The van der Waals surface area contributed by atoms with E-state index in [2.05, 4.69) is 26.0 Å². The third-order valence-electron chi connectivity index (χ3n) is 2.86. The molecule has 0 aliphatic carbocycles. The van der Waals surface area contributed by atoms with Crippen molar-refractivity contribution in [1.29, 1.82) is 0 Å². The normalized spacial score (nSPS) is 11.2. The van der Waals surface area contributed by atoms with Gasteiger partial charge in [-0.2, -0.15) is 13.2 Å². The van der Waals surface area contributed by atoms with Crippen LogP contribution in [0.5, 0.6) is 11.5 Å². The number of carbonyl (C=O) groups is 1. The lowest BCUT2D eigenvalue weighted by Gasteiger charge is -2.14. The largest absolute Gasteiger partial charge is 0.482 e. The molecule has 0 bridgehead atoms. The van der Waals surface area contributed by atoms with E-state index in [9.17, 15) is 26.7 Å². The maximum Gasteiger partial charge on any atom is 0.422 e. The number of carbonyl (C=O) groups excluding carboxylic acids is 1. The average Bonchev–Trinajstić information content (AvgIpc) is 2.52. The zero-order valence-corrected chi connectivity index (χ0v) is 14.5. The molecule has 140 valence electrons. The Balaban J connectivity index is 2.02. The summed E-state index contributed by atoms with van der Waals surface area (Å²) >= 11 is 3.06. The first-order chi connectivity index (χ1) is 12.1. The third kappa shape index (κ3) is 6.17. The smallest absolute Gasteiger partial charge is 0.422 e. The maximum absolute atomic E-state index is 13.6. The van der Waals surface area contributed by atoms with Gasteiger partial charge in [-0.05, 0) is 30.3 Å². The molecular formula is C16H11BrF5NO3. The SMILES string of the molecule is O=C(COc1ccc(Br)cc1F)Nc1cc(F)ccc1OCC(F)(F)F. The van der Waals surface area contributed by atoms with Crippen LogP contribution in [0.15, 0.2) is 40.9 Å². The Morgan fingerprint density at radius 2 is 1.73 bits per heavy atom. The fraction of sp³-hybridized carbons (Fsp3) is 0.188. The molecule has 10 heteroatoms. The Kier molecular flexibility index (Phi) is 6.41. The zero-order chi connectivity index (χ0) is 19.3. The Morgan fingerprint density at radius 3 is 2.38 bits per heavy atom. The molecule has 0 saturated heterocycles. The van der Waals surface area contributed by atoms with E-state index in [4.69, 9.17) is 4.74 Å². The van der Waals surface area contributed by atoms with Crippen molar-refractivity contribution in [2.24, 2.45) is 0 Å². The lowest BCUT2D eigenvalue weighted by molar-refractivity contribution is -0.153. The van der Waals surface area contributed by atoms with E-state index in [-0.39, 0.29) is 17.2 Å². The highest BCUT2D eigenvalue weighted by Crippen LogP contribution is 2.28. The van der Waals surface area contributed by atoms with E-state index in [0.717, 1.165) is 24.3 Å². The Bertz CT molecular complexity index is 798. The number of alkyl halides is 3. The Morgan fingerprint density at radius 1 is 1.04 bits per heavy atom.